The Labute approximate surface area is 111 Å². The number of rotatable bonds is 2. The SMILES string of the molecule is O=Cc1ccc(-c2cccc(C(F)(F)F)c2F)cc1O. The van der Waals surface area contributed by atoms with Crippen molar-refractivity contribution in [3.63, 3.8) is 0 Å². The molecule has 0 amide bonds. The maximum atomic E-state index is 13.9. The Balaban J connectivity index is 2.59. The molecule has 0 saturated carbocycles. The minimum absolute atomic E-state index is 0.0267. The van der Waals surface area contributed by atoms with E-state index < -0.39 is 23.3 Å². The largest absolute Gasteiger partial charge is 0.507 e. The van der Waals surface area contributed by atoms with E-state index in [1.54, 1.807) is 0 Å². The van der Waals surface area contributed by atoms with Crippen molar-refractivity contribution in [1.82, 2.24) is 0 Å². The lowest BCUT2D eigenvalue weighted by Gasteiger charge is -2.11. The van der Waals surface area contributed by atoms with E-state index in [-0.39, 0.29) is 16.7 Å². The maximum absolute atomic E-state index is 13.9. The van der Waals surface area contributed by atoms with Gasteiger partial charge in [0.05, 0.1) is 11.1 Å². The van der Waals surface area contributed by atoms with Crippen molar-refractivity contribution in [2.45, 2.75) is 6.18 Å². The second-order valence-corrected chi connectivity index (χ2v) is 4.06. The molecule has 0 aliphatic heterocycles. The fraction of sp³-hybridized carbons (Fsp3) is 0.0714. The van der Waals surface area contributed by atoms with Crippen molar-refractivity contribution in [1.29, 1.82) is 0 Å². The molecule has 2 aromatic carbocycles. The number of aldehydes is 1. The molecule has 2 rings (SSSR count). The molecule has 20 heavy (non-hydrogen) atoms. The lowest BCUT2D eigenvalue weighted by molar-refractivity contribution is -0.139. The van der Waals surface area contributed by atoms with Gasteiger partial charge < -0.3 is 5.11 Å². The first-order valence-electron chi connectivity index (χ1n) is 5.49. The van der Waals surface area contributed by atoms with Crippen molar-refractivity contribution in [3.05, 3.63) is 53.3 Å². The minimum Gasteiger partial charge on any atom is -0.507 e. The highest BCUT2D eigenvalue weighted by atomic mass is 19.4. The van der Waals surface area contributed by atoms with Crippen LogP contribution in [0.4, 0.5) is 17.6 Å². The number of carbonyl (C=O) groups excluding carboxylic acids is 1. The summed E-state index contributed by atoms with van der Waals surface area (Å²) >= 11 is 0. The van der Waals surface area contributed by atoms with E-state index in [1.807, 2.05) is 0 Å². The number of phenols is 1. The highest BCUT2D eigenvalue weighted by Gasteiger charge is 2.34. The summed E-state index contributed by atoms with van der Waals surface area (Å²) in [6.45, 7) is 0. The zero-order valence-corrected chi connectivity index (χ0v) is 9.91. The molecule has 0 aromatic heterocycles. The first kappa shape index (κ1) is 14.0. The third-order valence-corrected chi connectivity index (χ3v) is 2.77. The molecule has 0 saturated heterocycles. The molecular formula is C14H8F4O2. The summed E-state index contributed by atoms with van der Waals surface area (Å²) in [6, 6.07) is 6.39. The predicted molar refractivity (Wildman–Crippen MR) is 63.9 cm³/mol. The number of alkyl halides is 3. The van der Waals surface area contributed by atoms with Gasteiger partial charge in [-0.05, 0) is 23.8 Å². The van der Waals surface area contributed by atoms with Crippen LogP contribution in [0.1, 0.15) is 15.9 Å². The second-order valence-electron chi connectivity index (χ2n) is 4.06. The van der Waals surface area contributed by atoms with Gasteiger partial charge in [0.2, 0.25) is 0 Å². The van der Waals surface area contributed by atoms with E-state index in [9.17, 15) is 27.5 Å². The van der Waals surface area contributed by atoms with Gasteiger partial charge >= 0.3 is 6.18 Å². The zero-order chi connectivity index (χ0) is 14.9. The van der Waals surface area contributed by atoms with Gasteiger partial charge in [0.15, 0.2) is 6.29 Å². The van der Waals surface area contributed by atoms with Gasteiger partial charge in [0.25, 0.3) is 0 Å². The van der Waals surface area contributed by atoms with Crippen LogP contribution >= 0.6 is 0 Å². The van der Waals surface area contributed by atoms with Gasteiger partial charge in [-0.1, -0.05) is 18.2 Å². The fourth-order valence-corrected chi connectivity index (χ4v) is 1.78. The average Bonchev–Trinajstić information content (AvgIpc) is 2.37. The standard InChI is InChI=1S/C14H8F4O2/c15-13-10(2-1-3-11(13)14(16,17)18)8-4-5-9(7-19)12(20)6-8/h1-7,20H. The van der Waals surface area contributed by atoms with Crippen LogP contribution in [0.25, 0.3) is 11.1 Å². The Kier molecular flexibility index (Phi) is 3.48. The summed E-state index contributed by atoms with van der Waals surface area (Å²) in [5, 5.41) is 9.50. The molecule has 1 N–H and O–H groups in total. The van der Waals surface area contributed by atoms with Crippen LogP contribution in [-0.2, 0) is 6.18 Å². The number of hydrogen-bond donors (Lipinski definition) is 1. The summed E-state index contributed by atoms with van der Waals surface area (Å²) < 4.78 is 51.7. The molecule has 0 unspecified atom stereocenters. The monoisotopic (exact) mass is 284 g/mol. The van der Waals surface area contributed by atoms with Gasteiger partial charge in [-0.25, -0.2) is 4.39 Å². The van der Waals surface area contributed by atoms with Crippen LogP contribution < -0.4 is 0 Å². The van der Waals surface area contributed by atoms with Gasteiger partial charge in [-0.15, -0.1) is 0 Å². The molecule has 0 atom stereocenters. The van der Waals surface area contributed by atoms with E-state index in [2.05, 4.69) is 0 Å². The second kappa shape index (κ2) is 4.96. The van der Waals surface area contributed by atoms with Crippen LogP contribution in [0, 0.1) is 5.82 Å². The average molecular weight is 284 g/mol. The molecule has 0 spiro atoms. The molecule has 2 aromatic rings. The van der Waals surface area contributed by atoms with E-state index in [0.717, 1.165) is 12.1 Å². The molecule has 6 heteroatoms. The third kappa shape index (κ3) is 2.49. The molecule has 2 nitrogen and oxygen atoms in total. The number of halogens is 4. The Morgan fingerprint density at radius 1 is 1.10 bits per heavy atom. The van der Waals surface area contributed by atoms with E-state index in [0.29, 0.717) is 12.4 Å². The maximum Gasteiger partial charge on any atom is 0.419 e. The number of carbonyl (C=O) groups is 1. The lowest BCUT2D eigenvalue weighted by Crippen LogP contribution is -2.08. The summed E-state index contributed by atoms with van der Waals surface area (Å²) in [5.74, 6) is -1.84. The molecule has 0 fully saturated rings. The lowest BCUT2D eigenvalue weighted by atomic mass is 10.00. The molecule has 0 heterocycles. The fourth-order valence-electron chi connectivity index (χ4n) is 1.78. The smallest absolute Gasteiger partial charge is 0.419 e. The summed E-state index contributed by atoms with van der Waals surface area (Å²) in [4.78, 5) is 10.5. The van der Waals surface area contributed by atoms with Crippen molar-refractivity contribution >= 4 is 6.29 Å². The molecule has 0 aliphatic rings. The van der Waals surface area contributed by atoms with Gasteiger partial charge in [0.1, 0.15) is 11.6 Å². The molecule has 0 bridgehead atoms. The first-order chi connectivity index (χ1) is 9.34. The van der Waals surface area contributed by atoms with Crippen molar-refractivity contribution in [2.75, 3.05) is 0 Å². The number of aromatic hydroxyl groups is 1. The summed E-state index contributed by atoms with van der Waals surface area (Å²) in [6.07, 6.45) is -4.41. The van der Waals surface area contributed by atoms with E-state index >= 15 is 0 Å². The van der Waals surface area contributed by atoms with Crippen LogP contribution in [-0.4, -0.2) is 11.4 Å². The highest BCUT2D eigenvalue weighted by molar-refractivity contribution is 5.81. The summed E-state index contributed by atoms with van der Waals surface area (Å²) in [5.41, 5.74) is -1.65. The molecular weight excluding hydrogens is 276 g/mol. The predicted octanol–water partition coefficient (Wildman–Crippen LogP) is 4.03. The van der Waals surface area contributed by atoms with E-state index in [1.165, 1.54) is 18.2 Å². The normalized spacial score (nSPS) is 11.4. The quantitative estimate of drug-likeness (QED) is 0.667. The van der Waals surface area contributed by atoms with Crippen LogP contribution in [0.15, 0.2) is 36.4 Å². The van der Waals surface area contributed by atoms with Gasteiger partial charge in [-0.2, -0.15) is 13.2 Å². The zero-order valence-electron chi connectivity index (χ0n) is 9.91. The number of benzene rings is 2. The third-order valence-electron chi connectivity index (χ3n) is 2.77. The summed E-state index contributed by atoms with van der Waals surface area (Å²) in [7, 11) is 0. The minimum atomic E-state index is -4.80. The van der Waals surface area contributed by atoms with Crippen LogP contribution in [0.2, 0.25) is 0 Å². The number of hydrogen-bond acceptors (Lipinski definition) is 2. The molecule has 104 valence electrons. The van der Waals surface area contributed by atoms with Gasteiger partial charge in [0, 0.05) is 5.56 Å². The topological polar surface area (TPSA) is 37.3 Å². The Bertz CT molecular complexity index is 663. The molecule has 0 aliphatic carbocycles. The van der Waals surface area contributed by atoms with Gasteiger partial charge in [-0.3, -0.25) is 4.79 Å². The highest BCUT2D eigenvalue weighted by Crippen LogP contribution is 2.36. The first-order valence-corrected chi connectivity index (χ1v) is 5.49. The van der Waals surface area contributed by atoms with Crippen molar-refractivity contribution < 1.29 is 27.5 Å². The van der Waals surface area contributed by atoms with E-state index in [4.69, 9.17) is 0 Å². The Hall–Kier alpha value is -2.37. The van der Waals surface area contributed by atoms with Crippen molar-refractivity contribution in [2.24, 2.45) is 0 Å². The van der Waals surface area contributed by atoms with Crippen LogP contribution in [0.3, 0.4) is 0 Å². The Morgan fingerprint density at radius 2 is 1.80 bits per heavy atom. The molecule has 0 radical (unpaired) electrons. The number of phenolic OH excluding ortho intramolecular Hbond substituents is 1. The van der Waals surface area contributed by atoms with Crippen molar-refractivity contribution in [3.8, 4) is 16.9 Å². The van der Waals surface area contributed by atoms with Crippen LogP contribution in [0.5, 0.6) is 5.75 Å². The Morgan fingerprint density at radius 3 is 2.35 bits per heavy atom.